The normalized spacial score (nSPS) is 13.7. The number of carbonyl (C=O) groups excluding carboxylic acids is 2. The van der Waals surface area contributed by atoms with Crippen LogP contribution in [-0.2, 0) is 17.9 Å². The number of hydrogen-bond donors (Lipinski definition) is 2. The second kappa shape index (κ2) is 11.5. The van der Waals surface area contributed by atoms with Crippen molar-refractivity contribution in [3.05, 3.63) is 48.3 Å². The number of hydrogen-bond acceptors (Lipinski definition) is 6. The van der Waals surface area contributed by atoms with Gasteiger partial charge in [-0.05, 0) is 37.5 Å². The number of benzene rings is 1. The Hall–Kier alpha value is -2.81. The number of rotatable bonds is 10. The Kier molecular flexibility index (Phi) is 8.52. The molecule has 1 fully saturated rings. The van der Waals surface area contributed by atoms with E-state index in [-0.39, 0.29) is 25.0 Å². The summed E-state index contributed by atoms with van der Waals surface area (Å²) in [6.45, 7) is 6.63. The number of carbonyl (C=O) groups is 2. The highest BCUT2D eigenvalue weighted by atomic mass is 32.2. The van der Waals surface area contributed by atoms with Crippen LogP contribution in [-0.4, -0.2) is 38.5 Å². The number of urea groups is 1. The molecule has 1 aromatic carbocycles. The van der Waals surface area contributed by atoms with E-state index in [0.717, 1.165) is 37.0 Å². The maximum Gasteiger partial charge on any atom is 0.321 e. The zero-order valence-corrected chi connectivity index (χ0v) is 18.6. The van der Waals surface area contributed by atoms with Crippen molar-refractivity contribution in [2.24, 2.45) is 0 Å². The van der Waals surface area contributed by atoms with Crippen LogP contribution in [0.5, 0.6) is 5.75 Å². The molecule has 1 heterocycles. The lowest BCUT2D eigenvalue weighted by Crippen LogP contribution is -2.43. The molecule has 0 saturated heterocycles. The maximum atomic E-state index is 12.1. The lowest BCUT2D eigenvalue weighted by Gasteiger charge is -2.12. The Labute approximate surface area is 186 Å². The SMILES string of the molecule is C=CCn1c(COc2cccc(C)c2)nnc1SCCC(=O)NC(=O)NC1CCCC1. The highest BCUT2D eigenvalue weighted by Gasteiger charge is 2.18. The summed E-state index contributed by atoms with van der Waals surface area (Å²) in [5.41, 5.74) is 1.12. The average molecular weight is 444 g/mol. The van der Waals surface area contributed by atoms with E-state index < -0.39 is 6.03 Å². The summed E-state index contributed by atoms with van der Waals surface area (Å²) < 4.78 is 7.75. The molecule has 0 bridgehead atoms. The van der Waals surface area contributed by atoms with Crippen molar-refractivity contribution >= 4 is 23.7 Å². The Morgan fingerprint density at radius 2 is 2.13 bits per heavy atom. The van der Waals surface area contributed by atoms with Crippen LogP contribution in [0, 0.1) is 6.92 Å². The van der Waals surface area contributed by atoms with Gasteiger partial charge in [0.2, 0.25) is 5.91 Å². The first kappa shape index (κ1) is 22.9. The van der Waals surface area contributed by atoms with Gasteiger partial charge in [-0.15, -0.1) is 16.8 Å². The van der Waals surface area contributed by atoms with Gasteiger partial charge in [0.1, 0.15) is 12.4 Å². The second-order valence-corrected chi connectivity index (χ2v) is 8.57. The minimum atomic E-state index is -0.410. The van der Waals surface area contributed by atoms with E-state index in [2.05, 4.69) is 27.4 Å². The molecule has 8 nitrogen and oxygen atoms in total. The molecule has 0 radical (unpaired) electrons. The number of nitrogens with zero attached hydrogens (tertiary/aromatic N) is 3. The minimum Gasteiger partial charge on any atom is -0.486 e. The summed E-state index contributed by atoms with van der Waals surface area (Å²) in [6, 6.07) is 7.59. The van der Waals surface area contributed by atoms with Gasteiger partial charge >= 0.3 is 6.03 Å². The molecule has 2 aromatic rings. The molecule has 1 aliphatic carbocycles. The molecular formula is C22H29N5O3S. The smallest absolute Gasteiger partial charge is 0.321 e. The first-order valence-electron chi connectivity index (χ1n) is 10.5. The van der Waals surface area contributed by atoms with Crippen molar-refractivity contribution in [1.82, 2.24) is 25.4 Å². The topological polar surface area (TPSA) is 98.1 Å². The van der Waals surface area contributed by atoms with Crippen LogP contribution in [0.2, 0.25) is 0 Å². The number of aryl methyl sites for hydroxylation is 1. The van der Waals surface area contributed by atoms with Crippen molar-refractivity contribution in [3.63, 3.8) is 0 Å². The van der Waals surface area contributed by atoms with Gasteiger partial charge in [0, 0.05) is 24.8 Å². The first-order chi connectivity index (χ1) is 15.0. The Morgan fingerprint density at radius 1 is 1.32 bits per heavy atom. The number of nitrogens with one attached hydrogen (secondary N) is 2. The van der Waals surface area contributed by atoms with Crippen molar-refractivity contribution in [3.8, 4) is 5.75 Å². The van der Waals surface area contributed by atoms with E-state index in [0.29, 0.717) is 23.3 Å². The van der Waals surface area contributed by atoms with Crippen LogP contribution in [0.3, 0.4) is 0 Å². The van der Waals surface area contributed by atoms with E-state index in [4.69, 9.17) is 4.74 Å². The molecule has 166 valence electrons. The quantitative estimate of drug-likeness (QED) is 0.430. The molecule has 1 aliphatic rings. The van der Waals surface area contributed by atoms with Crippen LogP contribution in [0.15, 0.2) is 42.1 Å². The molecule has 1 saturated carbocycles. The molecule has 2 N–H and O–H groups in total. The molecular weight excluding hydrogens is 414 g/mol. The first-order valence-corrected chi connectivity index (χ1v) is 11.5. The van der Waals surface area contributed by atoms with Crippen molar-refractivity contribution in [1.29, 1.82) is 0 Å². The number of imide groups is 1. The summed E-state index contributed by atoms with van der Waals surface area (Å²) in [7, 11) is 0. The highest BCUT2D eigenvalue weighted by Crippen LogP contribution is 2.20. The number of thioether (sulfide) groups is 1. The monoisotopic (exact) mass is 443 g/mol. The molecule has 0 atom stereocenters. The molecule has 0 unspecified atom stereocenters. The van der Waals surface area contributed by atoms with E-state index in [1.807, 2.05) is 35.8 Å². The summed E-state index contributed by atoms with van der Waals surface area (Å²) in [6.07, 6.45) is 6.18. The van der Waals surface area contributed by atoms with Crippen molar-refractivity contribution in [2.45, 2.75) is 63.4 Å². The minimum absolute atomic E-state index is 0.181. The molecule has 9 heteroatoms. The molecule has 3 rings (SSSR count). The van der Waals surface area contributed by atoms with Crippen LogP contribution >= 0.6 is 11.8 Å². The fourth-order valence-electron chi connectivity index (χ4n) is 3.41. The van der Waals surface area contributed by atoms with Crippen LogP contribution < -0.4 is 15.4 Å². The van der Waals surface area contributed by atoms with Crippen LogP contribution in [0.4, 0.5) is 4.79 Å². The standard InChI is InChI=1S/C22H29N5O3S/c1-3-12-27-19(15-30-18-10-6-7-16(2)14-18)25-26-22(27)31-13-11-20(28)24-21(29)23-17-8-4-5-9-17/h3,6-7,10,14,17H,1,4-5,8-9,11-13,15H2,2H3,(H2,23,24,28,29). The summed E-state index contributed by atoms with van der Waals surface area (Å²) >= 11 is 1.41. The fraction of sp³-hybridized carbons (Fsp3) is 0.455. The van der Waals surface area contributed by atoms with E-state index in [1.165, 1.54) is 11.8 Å². The molecule has 0 spiro atoms. The lowest BCUT2D eigenvalue weighted by atomic mass is 10.2. The number of amides is 3. The van der Waals surface area contributed by atoms with E-state index >= 15 is 0 Å². The molecule has 0 aliphatic heterocycles. The largest absolute Gasteiger partial charge is 0.486 e. The van der Waals surface area contributed by atoms with Crippen LogP contribution in [0.25, 0.3) is 0 Å². The van der Waals surface area contributed by atoms with Gasteiger partial charge in [0.05, 0.1) is 0 Å². The Balaban J connectivity index is 1.47. The fourth-order valence-corrected chi connectivity index (χ4v) is 4.32. The lowest BCUT2D eigenvalue weighted by molar-refractivity contribution is -0.119. The predicted octanol–water partition coefficient (Wildman–Crippen LogP) is 3.60. The second-order valence-electron chi connectivity index (χ2n) is 7.50. The Bertz CT molecular complexity index is 908. The van der Waals surface area contributed by atoms with Gasteiger partial charge in [-0.1, -0.05) is 42.8 Å². The third-order valence-electron chi connectivity index (χ3n) is 4.97. The highest BCUT2D eigenvalue weighted by molar-refractivity contribution is 7.99. The summed E-state index contributed by atoms with van der Waals surface area (Å²) in [5, 5.41) is 14.4. The zero-order valence-electron chi connectivity index (χ0n) is 17.8. The third-order valence-corrected chi connectivity index (χ3v) is 5.93. The maximum absolute atomic E-state index is 12.1. The number of aromatic nitrogens is 3. The van der Waals surface area contributed by atoms with Gasteiger partial charge in [0.25, 0.3) is 0 Å². The number of allylic oxidation sites excluding steroid dienone is 1. The average Bonchev–Trinajstić information content (AvgIpc) is 3.37. The zero-order chi connectivity index (χ0) is 22.1. The molecule has 31 heavy (non-hydrogen) atoms. The molecule has 3 amide bonds. The van der Waals surface area contributed by atoms with Gasteiger partial charge < -0.3 is 10.1 Å². The van der Waals surface area contributed by atoms with Gasteiger partial charge in [0.15, 0.2) is 11.0 Å². The number of ether oxygens (including phenoxy) is 1. The van der Waals surface area contributed by atoms with E-state index in [1.54, 1.807) is 6.08 Å². The predicted molar refractivity (Wildman–Crippen MR) is 120 cm³/mol. The van der Waals surface area contributed by atoms with E-state index in [9.17, 15) is 9.59 Å². The van der Waals surface area contributed by atoms with Gasteiger partial charge in [-0.2, -0.15) is 0 Å². The van der Waals surface area contributed by atoms with Crippen molar-refractivity contribution < 1.29 is 14.3 Å². The van der Waals surface area contributed by atoms with Crippen LogP contribution in [0.1, 0.15) is 43.5 Å². The van der Waals surface area contributed by atoms with Crippen molar-refractivity contribution in [2.75, 3.05) is 5.75 Å². The Morgan fingerprint density at radius 3 is 2.87 bits per heavy atom. The third kappa shape index (κ3) is 7.13. The summed E-state index contributed by atoms with van der Waals surface area (Å²) in [5.74, 6) is 1.64. The van der Waals surface area contributed by atoms with Gasteiger partial charge in [-0.3, -0.25) is 14.7 Å². The summed E-state index contributed by atoms with van der Waals surface area (Å²) in [4.78, 5) is 23.9. The molecule has 1 aromatic heterocycles. The van der Waals surface area contributed by atoms with Gasteiger partial charge in [-0.25, -0.2) is 4.79 Å².